The largest absolute Gasteiger partial charge is 0.454 e. The molecule has 0 saturated heterocycles. The molecule has 0 amide bonds. The van der Waals surface area contributed by atoms with Crippen LogP contribution in [0.15, 0.2) is 60.7 Å². The Kier molecular flexibility index (Phi) is 2.46. The molecule has 1 N–H and O–H groups in total. The second-order valence-electron chi connectivity index (χ2n) is 4.49. The molecule has 1 unspecified atom stereocenters. The second kappa shape index (κ2) is 4.00. The van der Waals surface area contributed by atoms with E-state index in [1.807, 2.05) is 61.5 Å². The van der Waals surface area contributed by atoms with Crippen LogP contribution in [0.3, 0.4) is 0 Å². The summed E-state index contributed by atoms with van der Waals surface area (Å²) in [7, 11) is 0. The highest BCUT2D eigenvalue weighted by Gasteiger charge is 2.33. The van der Waals surface area contributed by atoms with E-state index < -0.39 is 5.79 Å². The van der Waals surface area contributed by atoms with E-state index in [1.165, 1.54) is 0 Å². The standard InChI is InChI=1S/C16H14O2/c1-12-11-16(17,13-7-3-2-4-8-13)18-15-10-6-5-9-14(12)15/h2-11,17H,1H3. The fraction of sp³-hybridized carbons (Fsp3) is 0.125. The minimum Gasteiger partial charge on any atom is -0.454 e. The third kappa shape index (κ3) is 1.71. The zero-order valence-corrected chi connectivity index (χ0v) is 10.1. The van der Waals surface area contributed by atoms with Gasteiger partial charge in [-0.15, -0.1) is 0 Å². The van der Waals surface area contributed by atoms with Crippen LogP contribution in [0.25, 0.3) is 5.57 Å². The van der Waals surface area contributed by atoms with Crippen LogP contribution in [-0.2, 0) is 5.79 Å². The SMILES string of the molecule is CC1=CC(O)(c2ccccc2)Oc2ccccc21. The van der Waals surface area contributed by atoms with Gasteiger partial charge < -0.3 is 9.84 Å². The van der Waals surface area contributed by atoms with Crippen molar-refractivity contribution in [1.82, 2.24) is 0 Å². The molecule has 2 heteroatoms. The van der Waals surface area contributed by atoms with E-state index in [-0.39, 0.29) is 0 Å². The van der Waals surface area contributed by atoms with Crippen LogP contribution in [0.1, 0.15) is 18.1 Å². The maximum absolute atomic E-state index is 10.7. The van der Waals surface area contributed by atoms with Gasteiger partial charge in [0, 0.05) is 11.1 Å². The van der Waals surface area contributed by atoms with Crippen molar-refractivity contribution < 1.29 is 9.84 Å². The molecule has 1 heterocycles. The first-order chi connectivity index (χ1) is 8.69. The molecule has 1 atom stereocenters. The summed E-state index contributed by atoms with van der Waals surface area (Å²) >= 11 is 0. The van der Waals surface area contributed by atoms with Gasteiger partial charge in [-0.1, -0.05) is 48.5 Å². The molecule has 0 radical (unpaired) electrons. The smallest absolute Gasteiger partial charge is 0.255 e. The van der Waals surface area contributed by atoms with E-state index in [4.69, 9.17) is 4.74 Å². The topological polar surface area (TPSA) is 29.5 Å². The fourth-order valence-electron chi connectivity index (χ4n) is 2.27. The summed E-state index contributed by atoms with van der Waals surface area (Å²) in [6.07, 6.45) is 1.75. The molecule has 0 aliphatic carbocycles. The van der Waals surface area contributed by atoms with Crippen LogP contribution in [0.2, 0.25) is 0 Å². The van der Waals surface area contributed by atoms with Crippen molar-refractivity contribution in [2.24, 2.45) is 0 Å². The quantitative estimate of drug-likeness (QED) is 0.825. The van der Waals surface area contributed by atoms with E-state index in [2.05, 4.69) is 0 Å². The van der Waals surface area contributed by atoms with Gasteiger partial charge in [0.1, 0.15) is 5.75 Å². The summed E-state index contributed by atoms with van der Waals surface area (Å²) in [6.45, 7) is 1.98. The molecule has 1 aliphatic rings. The number of hydrogen-bond acceptors (Lipinski definition) is 2. The molecule has 90 valence electrons. The number of rotatable bonds is 1. The lowest BCUT2D eigenvalue weighted by Gasteiger charge is -2.32. The Hall–Kier alpha value is -2.06. The Labute approximate surface area is 106 Å². The van der Waals surface area contributed by atoms with Crippen LogP contribution < -0.4 is 4.74 Å². The predicted octanol–water partition coefficient (Wildman–Crippen LogP) is 3.33. The Balaban J connectivity index is 2.11. The summed E-state index contributed by atoms with van der Waals surface area (Å²) in [4.78, 5) is 0. The van der Waals surface area contributed by atoms with Gasteiger partial charge in [0.15, 0.2) is 0 Å². The minimum atomic E-state index is -1.38. The number of aliphatic hydroxyl groups is 1. The lowest BCUT2D eigenvalue weighted by atomic mass is 9.96. The number of benzene rings is 2. The number of hydrogen-bond donors (Lipinski definition) is 1. The Morgan fingerprint density at radius 2 is 1.61 bits per heavy atom. The van der Waals surface area contributed by atoms with Crippen molar-refractivity contribution >= 4 is 5.57 Å². The van der Waals surface area contributed by atoms with Gasteiger partial charge in [-0.3, -0.25) is 0 Å². The summed E-state index contributed by atoms with van der Waals surface area (Å²) in [6, 6.07) is 17.1. The van der Waals surface area contributed by atoms with Gasteiger partial charge in [-0.25, -0.2) is 0 Å². The monoisotopic (exact) mass is 238 g/mol. The van der Waals surface area contributed by atoms with Gasteiger partial charge in [0.2, 0.25) is 0 Å². The summed E-state index contributed by atoms with van der Waals surface area (Å²) in [5.74, 6) is -0.663. The highest BCUT2D eigenvalue weighted by molar-refractivity contribution is 5.72. The fourth-order valence-corrected chi connectivity index (χ4v) is 2.27. The molecule has 0 spiro atoms. The molecule has 0 fully saturated rings. The van der Waals surface area contributed by atoms with Gasteiger partial charge in [-0.05, 0) is 24.6 Å². The van der Waals surface area contributed by atoms with Crippen molar-refractivity contribution in [2.75, 3.05) is 0 Å². The van der Waals surface area contributed by atoms with Crippen LogP contribution >= 0.6 is 0 Å². The van der Waals surface area contributed by atoms with Crippen LogP contribution in [-0.4, -0.2) is 5.11 Å². The molecular formula is C16H14O2. The zero-order chi connectivity index (χ0) is 12.6. The second-order valence-corrected chi connectivity index (χ2v) is 4.49. The number of ether oxygens (including phenoxy) is 1. The van der Waals surface area contributed by atoms with Gasteiger partial charge >= 0.3 is 0 Å². The molecule has 0 bridgehead atoms. The maximum Gasteiger partial charge on any atom is 0.255 e. The lowest BCUT2D eigenvalue weighted by Crippen LogP contribution is -2.33. The molecule has 2 aromatic carbocycles. The summed E-state index contributed by atoms with van der Waals surface area (Å²) < 4.78 is 5.76. The molecule has 0 aromatic heterocycles. The van der Waals surface area contributed by atoms with Crippen molar-refractivity contribution in [2.45, 2.75) is 12.7 Å². The molecule has 3 rings (SSSR count). The van der Waals surface area contributed by atoms with Gasteiger partial charge in [0.05, 0.1) is 0 Å². The van der Waals surface area contributed by atoms with Crippen LogP contribution in [0, 0.1) is 0 Å². The normalized spacial score (nSPS) is 21.8. The predicted molar refractivity (Wildman–Crippen MR) is 71.1 cm³/mol. The minimum absolute atomic E-state index is 0.712. The van der Waals surface area contributed by atoms with Crippen molar-refractivity contribution in [1.29, 1.82) is 0 Å². The first-order valence-electron chi connectivity index (χ1n) is 5.95. The lowest BCUT2D eigenvalue weighted by molar-refractivity contribution is -0.103. The van der Waals surface area contributed by atoms with E-state index in [0.717, 1.165) is 16.7 Å². The zero-order valence-electron chi connectivity index (χ0n) is 10.1. The highest BCUT2D eigenvalue weighted by atomic mass is 16.6. The molecule has 18 heavy (non-hydrogen) atoms. The number of para-hydroxylation sites is 1. The summed E-state index contributed by atoms with van der Waals surface area (Å²) in [5.41, 5.74) is 2.78. The highest BCUT2D eigenvalue weighted by Crippen LogP contribution is 2.39. The molecule has 1 aliphatic heterocycles. The third-order valence-electron chi connectivity index (χ3n) is 3.18. The van der Waals surface area contributed by atoms with Crippen LogP contribution in [0.4, 0.5) is 0 Å². The first-order valence-corrected chi connectivity index (χ1v) is 5.95. The summed E-state index contributed by atoms with van der Waals surface area (Å²) in [5, 5.41) is 10.7. The molecule has 0 saturated carbocycles. The maximum atomic E-state index is 10.7. The van der Waals surface area contributed by atoms with E-state index >= 15 is 0 Å². The van der Waals surface area contributed by atoms with Crippen molar-refractivity contribution in [3.8, 4) is 5.75 Å². The Morgan fingerprint density at radius 1 is 0.944 bits per heavy atom. The number of fused-ring (bicyclic) bond motifs is 1. The van der Waals surface area contributed by atoms with Crippen molar-refractivity contribution in [3.05, 3.63) is 71.8 Å². The third-order valence-corrected chi connectivity index (χ3v) is 3.18. The van der Waals surface area contributed by atoms with Crippen LogP contribution in [0.5, 0.6) is 5.75 Å². The first kappa shape index (κ1) is 11.1. The Bertz CT molecular complexity index is 602. The van der Waals surface area contributed by atoms with Gasteiger partial charge in [0.25, 0.3) is 5.79 Å². The number of allylic oxidation sites excluding steroid dienone is 1. The van der Waals surface area contributed by atoms with E-state index in [9.17, 15) is 5.11 Å². The molecular weight excluding hydrogens is 224 g/mol. The molecule has 2 aromatic rings. The van der Waals surface area contributed by atoms with E-state index in [0.29, 0.717) is 5.75 Å². The molecule has 2 nitrogen and oxygen atoms in total. The average Bonchev–Trinajstić information content (AvgIpc) is 2.40. The Morgan fingerprint density at radius 3 is 2.39 bits per heavy atom. The van der Waals surface area contributed by atoms with E-state index in [1.54, 1.807) is 6.08 Å². The van der Waals surface area contributed by atoms with Gasteiger partial charge in [-0.2, -0.15) is 0 Å². The average molecular weight is 238 g/mol. The van der Waals surface area contributed by atoms with Crippen molar-refractivity contribution in [3.63, 3.8) is 0 Å².